The minimum atomic E-state index is -3.73. The molecule has 0 aromatic heterocycles. The molecule has 4 atom stereocenters. The number of sulfone groups is 1. The summed E-state index contributed by atoms with van der Waals surface area (Å²) in [6.45, 7) is 11.7. The fourth-order valence-corrected chi connectivity index (χ4v) is 9.28. The summed E-state index contributed by atoms with van der Waals surface area (Å²) in [5, 5.41) is 8.63. The molecule has 5 amide bonds. The van der Waals surface area contributed by atoms with Crippen molar-refractivity contribution in [1.29, 1.82) is 0 Å². The molecule has 3 aliphatic rings. The number of hydrogen-bond donors (Lipinski definition) is 4. The standard InChI is InChI=1S/C36H55N5O7S/c1-34(2,3)25-17-20-41(27(25)31(44)38-26(21-23-15-16-23)28(42)30(37)43)32(45)29(35(4,5)6)39-33(46)40-36(18-11-8-12-19-36)22-49(47,48)24-13-9-7-10-14-24/h7,9-10,13-14,23,25-27,29H,8,11-12,15-22H2,1-6H3,(H2,37,43)(H,38,44)(H2,39,40,46)/t25?,26?,27-,29+/m0/s1. The molecule has 2 unspecified atom stereocenters. The third-order valence-electron chi connectivity index (χ3n) is 10.4. The summed E-state index contributed by atoms with van der Waals surface area (Å²) in [4.78, 5) is 68.5. The van der Waals surface area contributed by atoms with Crippen molar-refractivity contribution in [3.63, 3.8) is 0 Å². The van der Waals surface area contributed by atoms with Crippen molar-refractivity contribution in [3.05, 3.63) is 30.3 Å². The van der Waals surface area contributed by atoms with Gasteiger partial charge in [0.2, 0.25) is 17.6 Å². The minimum absolute atomic E-state index is 0.188. The van der Waals surface area contributed by atoms with Crippen LogP contribution >= 0.6 is 0 Å². The highest BCUT2D eigenvalue weighted by molar-refractivity contribution is 7.91. The van der Waals surface area contributed by atoms with Crippen LogP contribution in [0.5, 0.6) is 0 Å². The fourth-order valence-electron chi connectivity index (χ4n) is 7.45. The van der Waals surface area contributed by atoms with Crippen molar-refractivity contribution in [3.8, 4) is 0 Å². The van der Waals surface area contributed by atoms with Gasteiger partial charge in [0.15, 0.2) is 9.84 Å². The van der Waals surface area contributed by atoms with Crippen molar-refractivity contribution in [2.45, 2.75) is 128 Å². The van der Waals surface area contributed by atoms with Gasteiger partial charge in [-0.2, -0.15) is 0 Å². The molecule has 2 saturated carbocycles. The second kappa shape index (κ2) is 14.8. The molecule has 0 radical (unpaired) electrons. The molecule has 12 nitrogen and oxygen atoms in total. The minimum Gasteiger partial charge on any atom is -0.363 e. The first kappa shape index (κ1) is 38.3. The summed E-state index contributed by atoms with van der Waals surface area (Å²) < 4.78 is 26.9. The molecule has 1 saturated heterocycles. The molecule has 5 N–H and O–H groups in total. The number of hydrogen-bond acceptors (Lipinski definition) is 7. The Morgan fingerprint density at radius 3 is 2.06 bits per heavy atom. The lowest BCUT2D eigenvalue weighted by atomic mass is 9.75. The second-order valence-electron chi connectivity index (χ2n) is 16.5. The van der Waals surface area contributed by atoms with Crippen LogP contribution < -0.4 is 21.7 Å². The number of urea groups is 1. The number of nitrogens with two attached hydrogens (primary N) is 1. The number of carbonyl (C=O) groups excluding carboxylic acids is 5. The number of nitrogens with zero attached hydrogens (tertiary/aromatic N) is 1. The van der Waals surface area contributed by atoms with Gasteiger partial charge in [-0.3, -0.25) is 19.2 Å². The van der Waals surface area contributed by atoms with Crippen LogP contribution in [-0.2, 0) is 29.0 Å². The molecule has 49 heavy (non-hydrogen) atoms. The van der Waals surface area contributed by atoms with Gasteiger partial charge in [0.25, 0.3) is 5.91 Å². The zero-order valence-corrected chi connectivity index (χ0v) is 30.7. The van der Waals surface area contributed by atoms with Gasteiger partial charge in [-0.25, -0.2) is 13.2 Å². The van der Waals surface area contributed by atoms with Gasteiger partial charge in [0.1, 0.15) is 12.1 Å². The average Bonchev–Trinajstić information content (AvgIpc) is 3.70. The van der Waals surface area contributed by atoms with Crippen molar-refractivity contribution in [2.24, 2.45) is 28.4 Å². The lowest BCUT2D eigenvalue weighted by Crippen LogP contribution is -2.63. The maximum absolute atomic E-state index is 14.5. The first-order valence-corrected chi connectivity index (χ1v) is 19.2. The number of benzene rings is 1. The maximum Gasteiger partial charge on any atom is 0.315 e. The molecule has 1 heterocycles. The molecule has 3 fully saturated rings. The third kappa shape index (κ3) is 9.61. The fraction of sp³-hybridized carbons (Fsp3) is 0.694. The number of rotatable bonds is 12. The quantitative estimate of drug-likeness (QED) is 0.240. The molecule has 1 aromatic rings. The summed E-state index contributed by atoms with van der Waals surface area (Å²) >= 11 is 0. The Morgan fingerprint density at radius 2 is 1.53 bits per heavy atom. The highest BCUT2D eigenvalue weighted by Crippen LogP contribution is 2.40. The van der Waals surface area contributed by atoms with Crippen LogP contribution in [0.15, 0.2) is 35.2 Å². The number of amides is 5. The normalized spacial score (nSPS) is 22.4. The van der Waals surface area contributed by atoms with Crippen LogP contribution in [0.25, 0.3) is 0 Å². The van der Waals surface area contributed by atoms with Gasteiger partial charge in [-0.15, -0.1) is 0 Å². The first-order chi connectivity index (χ1) is 22.7. The van der Waals surface area contributed by atoms with Crippen LogP contribution in [0.1, 0.15) is 99.3 Å². The molecule has 13 heteroatoms. The maximum atomic E-state index is 14.5. The molecule has 2 aliphatic carbocycles. The van der Waals surface area contributed by atoms with Crippen LogP contribution in [0.4, 0.5) is 4.79 Å². The highest BCUT2D eigenvalue weighted by Gasteiger charge is 2.50. The van der Waals surface area contributed by atoms with Crippen molar-refractivity contribution in [2.75, 3.05) is 12.3 Å². The average molecular weight is 702 g/mol. The molecular weight excluding hydrogens is 646 g/mol. The molecule has 272 valence electrons. The van der Waals surface area contributed by atoms with E-state index in [1.807, 2.05) is 41.5 Å². The predicted molar refractivity (Wildman–Crippen MR) is 186 cm³/mol. The van der Waals surface area contributed by atoms with Crippen LogP contribution in [0, 0.1) is 22.7 Å². The molecule has 1 aliphatic heterocycles. The van der Waals surface area contributed by atoms with E-state index in [4.69, 9.17) is 5.73 Å². The summed E-state index contributed by atoms with van der Waals surface area (Å²) in [6, 6.07) is 4.43. The van der Waals surface area contributed by atoms with E-state index in [0.717, 1.165) is 32.1 Å². The summed E-state index contributed by atoms with van der Waals surface area (Å²) in [7, 11) is -3.73. The number of primary amides is 1. The molecule has 4 rings (SSSR count). The lowest BCUT2D eigenvalue weighted by molar-refractivity contribution is -0.145. The Hall–Kier alpha value is -3.48. The van der Waals surface area contributed by atoms with Gasteiger partial charge in [-0.05, 0) is 60.5 Å². The number of likely N-dealkylation sites (tertiary alicyclic amines) is 1. The summed E-state index contributed by atoms with van der Waals surface area (Å²) in [5.74, 6) is -3.28. The topological polar surface area (TPSA) is 185 Å². The highest BCUT2D eigenvalue weighted by atomic mass is 32.2. The van der Waals surface area contributed by atoms with Gasteiger partial charge in [0, 0.05) is 6.54 Å². The van der Waals surface area contributed by atoms with Crippen molar-refractivity contribution < 1.29 is 32.4 Å². The zero-order valence-electron chi connectivity index (χ0n) is 29.8. The van der Waals surface area contributed by atoms with Crippen LogP contribution in [0.2, 0.25) is 0 Å². The molecule has 1 aromatic carbocycles. The zero-order chi connectivity index (χ0) is 36.4. The van der Waals surface area contributed by atoms with Crippen molar-refractivity contribution in [1.82, 2.24) is 20.9 Å². The molecule has 0 spiro atoms. The van der Waals surface area contributed by atoms with Gasteiger partial charge in [0.05, 0.1) is 22.2 Å². The first-order valence-electron chi connectivity index (χ1n) is 17.6. The van der Waals surface area contributed by atoms with E-state index in [1.54, 1.807) is 30.3 Å². The largest absolute Gasteiger partial charge is 0.363 e. The number of nitrogens with one attached hydrogen (secondary N) is 3. The van der Waals surface area contributed by atoms with E-state index < -0.39 is 73.9 Å². The van der Waals surface area contributed by atoms with Gasteiger partial charge < -0.3 is 26.6 Å². The van der Waals surface area contributed by atoms with E-state index in [1.165, 1.54) is 4.90 Å². The van der Waals surface area contributed by atoms with Crippen LogP contribution in [0.3, 0.4) is 0 Å². The van der Waals surface area contributed by atoms with E-state index in [-0.39, 0.29) is 29.0 Å². The Balaban J connectivity index is 1.58. The Labute approximate surface area is 291 Å². The third-order valence-corrected chi connectivity index (χ3v) is 12.3. The molecule has 0 bridgehead atoms. The van der Waals surface area contributed by atoms with E-state index in [0.29, 0.717) is 25.7 Å². The smallest absolute Gasteiger partial charge is 0.315 e. The second-order valence-corrected chi connectivity index (χ2v) is 18.5. The Morgan fingerprint density at radius 1 is 0.918 bits per heavy atom. The lowest BCUT2D eigenvalue weighted by Gasteiger charge is -2.40. The van der Waals surface area contributed by atoms with Gasteiger partial charge in [-0.1, -0.05) is 91.8 Å². The summed E-state index contributed by atoms with van der Waals surface area (Å²) in [5.41, 5.74) is 3.13. The van der Waals surface area contributed by atoms with Gasteiger partial charge >= 0.3 is 6.03 Å². The van der Waals surface area contributed by atoms with E-state index in [9.17, 15) is 32.4 Å². The number of Topliss-reactive ketones (excluding diaryl/α,β-unsaturated/α-hetero) is 1. The van der Waals surface area contributed by atoms with Crippen LogP contribution in [-0.4, -0.2) is 78.8 Å². The number of ketones is 1. The van der Waals surface area contributed by atoms with Crippen molar-refractivity contribution >= 4 is 39.4 Å². The molecular formula is C36H55N5O7S. The van der Waals surface area contributed by atoms with E-state index in [2.05, 4.69) is 16.0 Å². The summed E-state index contributed by atoms with van der Waals surface area (Å²) in [6.07, 6.45) is 6.03. The Bertz CT molecular complexity index is 1510. The Kier molecular flexibility index (Phi) is 11.6. The van der Waals surface area contributed by atoms with E-state index >= 15 is 0 Å². The SMILES string of the molecule is CC(C)(C)C1CCN(C(=O)[C@@H](NC(=O)NC2(CS(=O)(=O)c3ccccc3)CCCCC2)C(C)(C)C)[C@@H]1C(=O)NC(CC1CC1)C(=O)C(N)=O. The monoisotopic (exact) mass is 701 g/mol. The predicted octanol–water partition coefficient (Wildman–Crippen LogP) is 3.48. The number of carbonyl (C=O) groups is 5.